The van der Waals surface area contributed by atoms with Crippen LogP contribution in [0.15, 0.2) is 71.8 Å². The highest BCUT2D eigenvalue weighted by atomic mass is 32.2. The maximum Gasteiger partial charge on any atom is 0.438 e. The van der Waals surface area contributed by atoms with Crippen molar-refractivity contribution in [1.29, 1.82) is 5.41 Å². The standard InChI is InChI=1S/C28H32N6O5S2/c1-28(2,3)33-41(38,39)25-19-11-8-12-20(25)24-23(17-9-7-10-18(15-17)26(29)30)21(19)16-34(24,40(4,36)37)27(35)32-22-13-5-6-14-31-22/h5-15,21,23-24,33H,16H2,1-4H3,(H3-,29,30,31,32,35)/p+1. The molecule has 11 nitrogen and oxygen atoms in total. The second kappa shape index (κ2) is 9.72. The van der Waals surface area contributed by atoms with Crippen LogP contribution in [-0.2, 0) is 20.0 Å². The van der Waals surface area contributed by atoms with Gasteiger partial charge in [0.05, 0.1) is 17.1 Å². The van der Waals surface area contributed by atoms with Gasteiger partial charge in [-0.2, -0.15) is 8.42 Å². The first-order valence-corrected chi connectivity index (χ1v) is 16.3. The van der Waals surface area contributed by atoms with Gasteiger partial charge in [-0.05, 0) is 50.1 Å². The molecule has 3 aromatic rings. The average Bonchev–Trinajstić information content (AvgIpc) is 3.21. The van der Waals surface area contributed by atoms with Crippen LogP contribution in [0.4, 0.5) is 10.6 Å². The summed E-state index contributed by atoms with van der Waals surface area (Å²) in [6, 6.07) is 14.8. The van der Waals surface area contributed by atoms with Crippen molar-refractivity contribution in [3.05, 3.63) is 89.1 Å². The third kappa shape index (κ3) is 4.82. The molecule has 216 valence electrons. The van der Waals surface area contributed by atoms with E-state index < -0.39 is 53.4 Å². The maximum atomic E-state index is 14.2. The van der Waals surface area contributed by atoms with Crippen molar-refractivity contribution in [3.8, 4) is 0 Å². The first kappa shape index (κ1) is 28.9. The Morgan fingerprint density at radius 1 is 1.02 bits per heavy atom. The van der Waals surface area contributed by atoms with Gasteiger partial charge in [0.2, 0.25) is 10.0 Å². The van der Waals surface area contributed by atoms with Crippen molar-refractivity contribution >= 4 is 37.7 Å². The van der Waals surface area contributed by atoms with Gasteiger partial charge in [-0.1, -0.05) is 42.5 Å². The Balaban J connectivity index is 1.80. The predicted molar refractivity (Wildman–Crippen MR) is 155 cm³/mol. The van der Waals surface area contributed by atoms with Crippen LogP contribution < -0.4 is 15.8 Å². The minimum atomic E-state index is -4.23. The maximum absolute atomic E-state index is 14.2. The summed E-state index contributed by atoms with van der Waals surface area (Å²) >= 11 is 0. The number of sulfonamides is 2. The summed E-state index contributed by atoms with van der Waals surface area (Å²) in [5.41, 5.74) is 6.72. The minimum absolute atomic E-state index is 0.00168. The largest absolute Gasteiger partial charge is 0.438 e. The van der Waals surface area contributed by atoms with Gasteiger partial charge in [-0.25, -0.2) is 22.9 Å². The highest BCUT2D eigenvalue weighted by molar-refractivity contribution is 7.89. The van der Waals surface area contributed by atoms with Crippen LogP contribution in [0.2, 0.25) is 0 Å². The van der Waals surface area contributed by atoms with Crippen LogP contribution in [-0.4, -0.2) is 55.9 Å². The molecule has 4 bridgehead atoms. The molecule has 5 rings (SSSR count). The Hall–Kier alpha value is -3.65. The molecule has 2 aliphatic rings. The number of nitrogen functional groups attached to an aromatic ring is 1. The van der Waals surface area contributed by atoms with Gasteiger partial charge in [0.1, 0.15) is 24.2 Å². The predicted octanol–water partition coefficient (Wildman–Crippen LogP) is 3.39. The van der Waals surface area contributed by atoms with Crippen LogP contribution in [0.3, 0.4) is 0 Å². The lowest BCUT2D eigenvalue weighted by molar-refractivity contribution is -0.740. The van der Waals surface area contributed by atoms with Gasteiger partial charge in [-0.3, -0.25) is 10.7 Å². The molecule has 5 N–H and O–H groups in total. The highest BCUT2D eigenvalue weighted by Gasteiger charge is 2.68. The lowest BCUT2D eigenvalue weighted by Gasteiger charge is -2.38. The monoisotopic (exact) mass is 597 g/mol. The molecule has 1 aliphatic heterocycles. The van der Waals surface area contributed by atoms with Gasteiger partial charge in [0.15, 0.2) is 0 Å². The summed E-state index contributed by atoms with van der Waals surface area (Å²) in [7, 11) is -8.35. The molecule has 4 atom stereocenters. The fourth-order valence-electron chi connectivity index (χ4n) is 6.24. The number of anilines is 1. The minimum Gasteiger partial charge on any atom is -0.384 e. The zero-order valence-electron chi connectivity index (χ0n) is 23.1. The molecule has 13 heteroatoms. The second-order valence-corrected chi connectivity index (χ2v) is 15.3. The molecule has 0 saturated carbocycles. The number of pyridine rings is 1. The van der Waals surface area contributed by atoms with Crippen molar-refractivity contribution in [2.45, 2.75) is 49.1 Å². The van der Waals surface area contributed by atoms with Crippen LogP contribution in [0.5, 0.6) is 0 Å². The summed E-state index contributed by atoms with van der Waals surface area (Å²) < 4.78 is 57.1. The number of nitrogens with one attached hydrogen (secondary N) is 3. The SMILES string of the molecule is CC(C)(C)NS(=O)(=O)c1c2cccc1C1C(c3cccc(C(=N)N)c3)C2C[N+]1(C(=O)Nc1ccccn1)S(C)(=O)=O. The van der Waals surface area contributed by atoms with Gasteiger partial charge >= 0.3 is 16.1 Å². The fourth-order valence-corrected chi connectivity index (χ4v) is 9.61. The van der Waals surface area contributed by atoms with E-state index in [1.165, 1.54) is 6.20 Å². The molecule has 1 aromatic heterocycles. The van der Waals surface area contributed by atoms with E-state index in [1.807, 2.05) is 0 Å². The van der Waals surface area contributed by atoms with E-state index in [-0.39, 0.29) is 28.7 Å². The van der Waals surface area contributed by atoms with Gasteiger partial charge < -0.3 is 5.73 Å². The smallest absolute Gasteiger partial charge is 0.384 e. The first-order chi connectivity index (χ1) is 19.1. The zero-order valence-corrected chi connectivity index (χ0v) is 24.8. The van der Waals surface area contributed by atoms with Crippen molar-refractivity contribution in [2.75, 3.05) is 18.1 Å². The molecule has 2 aromatic carbocycles. The van der Waals surface area contributed by atoms with E-state index in [0.29, 0.717) is 16.7 Å². The molecule has 41 heavy (non-hydrogen) atoms. The van der Waals surface area contributed by atoms with Crippen LogP contribution in [0, 0.1) is 5.41 Å². The molecule has 1 saturated heterocycles. The summed E-state index contributed by atoms with van der Waals surface area (Å²) in [5.74, 6) is -1.28. The number of nitrogens with two attached hydrogens (primary N) is 1. The molecular weight excluding hydrogens is 564 g/mol. The lowest BCUT2D eigenvalue weighted by atomic mass is 9.73. The molecule has 4 unspecified atom stereocenters. The normalized spacial score (nSPS) is 23.7. The van der Waals surface area contributed by atoms with Gasteiger partial charge in [0.25, 0.3) is 0 Å². The van der Waals surface area contributed by atoms with Crippen molar-refractivity contribution in [3.63, 3.8) is 0 Å². The number of carbonyl (C=O) groups is 1. The van der Waals surface area contributed by atoms with E-state index in [9.17, 15) is 21.6 Å². The number of amidine groups is 1. The number of urea groups is 1. The quantitative estimate of drug-likeness (QED) is 0.192. The van der Waals surface area contributed by atoms with Crippen LogP contribution in [0.25, 0.3) is 0 Å². The summed E-state index contributed by atoms with van der Waals surface area (Å²) in [5, 5.41) is 10.6. The summed E-state index contributed by atoms with van der Waals surface area (Å²) in [6.07, 6.45) is 2.48. The van der Waals surface area contributed by atoms with Crippen molar-refractivity contribution < 1.29 is 25.5 Å². The van der Waals surface area contributed by atoms with Crippen molar-refractivity contribution in [2.24, 2.45) is 5.73 Å². The van der Waals surface area contributed by atoms with E-state index in [2.05, 4.69) is 15.0 Å². The van der Waals surface area contributed by atoms with Crippen molar-refractivity contribution in [1.82, 2.24) is 9.71 Å². The Morgan fingerprint density at radius 3 is 2.32 bits per heavy atom. The third-order valence-corrected chi connectivity index (χ3v) is 11.2. The molecular formula is C28H33N6O5S2+. The Morgan fingerprint density at radius 2 is 1.71 bits per heavy atom. The number of carbonyl (C=O) groups excluding carboxylic acids is 1. The Kier molecular flexibility index (Phi) is 6.84. The van der Waals surface area contributed by atoms with E-state index in [0.717, 1.165) is 6.26 Å². The Bertz CT molecular complexity index is 1770. The van der Waals surface area contributed by atoms with Gasteiger partial charge in [0, 0.05) is 28.8 Å². The number of hydrogen-bond donors (Lipinski definition) is 4. The number of benzene rings is 2. The molecule has 0 spiro atoms. The van der Waals surface area contributed by atoms with E-state index >= 15 is 0 Å². The number of fused-ring (bicyclic) bond motifs is 6. The van der Waals surface area contributed by atoms with E-state index in [1.54, 1.807) is 81.4 Å². The summed E-state index contributed by atoms with van der Waals surface area (Å²) in [6.45, 7) is 4.96. The lowest BCUT2D eigenvalue weighted by Crippen LogP contribution is -2.58. The average molecular weight is 598 g/mol. The first-order valence-electron chi connectivity index (χ1n) is 13.0. The number of hydrogen-bond acceptors (Lipinski definition) is 7. The van der Waals surface area contributed by atoms with E-state index in [4.69, 9.17) is 11.1 Å². The molecule has 1 aliphatic carbocycles. The highest BCUT2D eigenvalue weighted by Crippen LogP contribution is 2.62. The Labute approximate surface area is 240 Å². The van der Waals surface area contributed by atoms with Crippen LogP contribution >= 0.6 is 0 Å². The number of likely N-dealkylation sites (tertiary alicyclic amines) is 1. The summed E-state index contributed by atoms with van der Waals surface area (Å²) in [4.78, 5) is 18.3. The zero-order chi connectivity index (χ0) is 30.0. The van der Waals surface area contributed by atoms with Crippen LogP contribution in [0.1, 0.15) is 60.9 Å². The van der Waals surface area contributed by atoms with Gasteiger partial charge in [-0.15, -0.1) is 3.89 Å². The molecule has 1 fully saturated rings. The third-order valence-electron chi connectivity index (χ3n) is 7.61. The number of amides is 2. The molecule has 2 amide bonds. The molecule has 2 heterocycles. The topological polar surface area (TPSA) is 172 Å². The second-order valence-electron chi connectivity index (χ2n) is 11.6. The fraction of sp³-hybridized carbons (Fsp3) is 0.321. The number of rotatable bonds is 6. The number of nitrogens with zero attached hydrogens (tertiary/aromatic N) is 2. The number of aromatic nitrogens is 1. The number of quaternary nitrogens is 1. The molecule has 0 radical (unpaired) electrons.